The predicted octanol–water partition coefficient (Wildman–Crippen LogP) is 2.97. The van der Waals surface area contributed by atoms with E-state index in [1.807, 2.05) is 0 Å². The molecule has 10 heteroatoms. The Kier molecular flexibility index (Phi) is 6.63. The van der Waals surface area contributed by atoms with E-state index in [4.69, 9.17) is 0 Å². The van der Waals surface area contributed by atoms with E-state index in [1.165, 1.54) is 34.9 Å². The Morgan fingerprint density at radius 2 is 1.80 bits per heavy atom. The van der Waals surface area contributed by atoms with Crippen LogP contribution in [-0.2, 0) is 11.2 Å². The summed E-state index contributed by atoms with van der Waals surface area (Å²) in [5.74, 6) is -5.03. The second kappa shape index (κ2) is 9.80. The Morgan fingerprint density at radius 3 is 2.54 bits per heavy atom. The fourth-order valence-electron chi connectivity index (χ4n) is 3.84. The third-order valence-electron chi connectivity index (χ3n) is 5.61. The van der Waals surface area contributed by atoms with Crippen molar-refractivity contribution in [2.24, 2.45) is 0 Å². The molecule has 0 aliphatic rings. The molecule has 4 rings (SSSR count). The Balaban J connectivity index is 1.62. The summed E-state index contributed by atoms with van der Waals surface area (Å²) in [5.41, 5.74) is 0.0952. The van der Waals surface area contributed by atoms with Crippen LogP contribution in [0.1, 0.15) is 29.0 Å². The van der Waals surface area contributed by atoms with Crippen LogP contribution < -0.4 is 10.9 Å². The highest BCUT2D eigenvalue weighted by molar-refractivity contribution is 5.77. The van der Waals surface area contributed by atoms with E-state index in [1.54, 1.807) is 18.2 Å². The van der Waals surface area contributed by atoms with Crippen LogP contribution in [0.2, 0.25) is 0 Å². The number of carbonyl (C=O) groups excluding carboxylic acids is 1. The van der Waals surface area contributed by atoms with Gasteiger partial charge >= 0.3 is 0 Å². The highest BCUT2D eigenvalue weighted by atomic mass is 19.2. The molecule has 0 spiro atoms. The summed E-state index contributed by atoms with van der Waals surface area (Å²) in [6, 6.07) is 12.0. The van der Waals surface area contributed by atoms with Gasteiger partial charge in [-0.05, 0) is 53.9 Å². The lowest BCUT2D eigenvalue weighted by Crippen LogP contribution is -2.30. The normalized spacial score (nSPS) is 11.9. The van der Waals surface area contributed by atoms with Gasteiger partial charge in [0.25, 0.3) is 5.56 Å². The number of nitrogens with one attached hydrogen (secondary N) is 1. The minimum absolute atomic E-state index is 0.118. The second-order valence-electron chi connectivity index (χ2n) is 7.94. The van der Waals surface area contributed by atoms with E-state index < -0.39 is 34.9 Å². The number of nitrogens with zero attached hydrogens (tertiary/aromatic N) is 2. The molecule has 1 atom stereocenters. The Morgan fingerprint density at radius 1 is 1.00 bits per heavy atom. The molecule has 2 aromatic carbocycles. The average Bonchev–Trinajstić information content (AvgIpc) is 2.82. The van der Waals surface area contributed by atoms with Crippen molar-refractivity contribution in [1.29, 1.82) is 0 Å². The summed E-state index contributed by atoms with van der Waals surface area (Å²) in [4.78, 5) is 30.0. The first-order valence-electron chi connectivity index (χ1n) is 10.7. The van der Waals surface area contributed by atoms with Crippen LogP contribution in [-0.4, -0.2) is 37.2 Å². The molecule has 0 saturated carbocycles. The summed E-state index contributed by atoms with van der Waals surface area (Å²) in [6.07, 6.45) is 1.43. The molecule has 0 aliphatic heterocycles. The van der Waals surface area contributed by atoms with E-state index in [0.717, 1.165) is 12.1 Å². The van der Waals surface area contributed by atoms with Crippen molar-refractivity contribution in [3.63, 3.8) is 0 Å². The molecule has 0 bridgehead atoms. The molecule has 0 fully saturated rings. The third-order valence-corrected chi connectivity index (χ3v) is 5.61. The van der Waals surface area contributed by atoms with E-state index in [0.29, 0.717) is 12.0 Å². The maximum atomic E-state index is 14.0. The van der Waals surface area contributed by atoms with Gasteiger partial charge in [-0.1, -0.05) is 18.2 Å². The SMILES string of the molecule is O=C(CC(c1ccc(F)c(F)c1)c1c(O)nc2ccccn2c1=O)NCCc1ccc(O)c(O)c1. The smallest absolute Gasteiger partial charge is 0.265 e. The molecule has 0 saturated heterocycles. The molecular formula is C25H21F2N3O5. The van der Waals surface area contributed by atoms with Gasteiger partial charge in [0, 0.05) is 25.1 Å². The number of aromatic hydroxyl groups is 3. The van der Waals surface area contributed by atoms with Crippen LogP contribution >= 0.6 is 0 Å². The van der Waals surface area contributed by atoms with Crippen molar-refractivity contribution in [2.45, 2.75) is 18.8 Å². The largest absolute Gasteiger partial charge is 0.504 e. The number of hydrogen-bond acceptors (Lipinski definition) is 6. The number of halogens is 2. The van der Waals surface area contributed by atoms with Crippen LogP contribution in [0.5, 0.6) is 17.4 Å². The first-order valence-corrected chi connectivity index (χ1v) is 10.7. The zero-order valence-corrected chi connectivity index (χ0v) is 18.3. The average molecular weight is 481 g/mol. The van der Waals surface area contributed by atoms with Gasteiger partial charge in [0.2, 0.25) is 11.8 Å². The van der Waals surface area contributed by atoms with Crippen LogP contribution in [0, 0.1) is 11.6 Å². The number of phenols is 2. The molecule has 180 valence electrons. The maximum absolute atomic E-state index is 14.0. The fraction of sp³-hybridized carbons (Fsp3) is 0.160. The molecule has 2 heterocycles. The van der Waals surface area contributed by atoms with Crippen molar-refractivity contribution < 1.29 is 28.9 Å². The molecule has 1 unspecified atom stereocenters. The van der Waals surface area contributed by atoms with Gasteiger partial charge < -0.3 is 20.6 Å². The molecule has 0 aliphatic carbocycles. The van der Waals surface area contributed by atoms with Crippen LogP contribution in [0.15, 0.2) is 65.6 Å². The number of amides is 1. The first-order chi connectivity index (χ1) is 16.7. The van der Waals surface area contributed by atoms with Crippen LogP contribution in [0.25, 0.3) is 5.65 Å². The number of aromatic nitrogens is 2. The van der Waals surface area contributed by atoms with Crippen molar-refractivity contribution in [1.82, 2.24) is 14.7 Å². The lowest BCUT2D eigenvalue weighted by Gasteiger charge is -2.19. The molecule has 35 heavy (non-hydrogen) atoms. The van der Waals surface area contributed by atoms with Crippen LogP contribution in [0.4, 0.5) is 8.78 Å². The zero-order chi connectivity index (χ0) is 25.1. The van der Waals surface area contributed by atoms with Gasteiger partial charge in [0.05, 0.1) is 5.56 Å². The van der Waals surface area contributed by atoms with Crippen molar-refractivity contribution in [2.75, 3.05) is 6.54 Å². The first kappa shape index (κ1) is 23.7. The fourth-order valence-corrected chi connectivity index (χ4v) is 3.84. The highest BCUT2D eigenvalue weighted by Gasteiger charge is 2.27. The van der Waals surface area contributed by atoms with Crippen LogP contribution in [0.3, 0.4) is 0 Å². The van der Waals surface area contributed by atoms with Crippen molar-refractivity contribution >= 4 is 11.6 Å². The number of carbonyl (C=O) groups is 1. The van der Waals surface area contributed by atoms with Gasteiger partial charge in [-0.3, -0.25) is 14.0 Å². The van der Waals surface area contributed by atoms with Gasteiger partial charge in [0.1, 0.15) is 5.65 Å². The zero-order valence-electron chi connectivity index (χ0n) is 18.3. The summed E-state index contributed by atoms with van der Waals surface area (Å²) >= 11 is 0. The predicted molar refractivity (Wildman–Crippen MR) is 122 cm³/mol. The lowest BCUT2D eigenvalue weighted by molar-refractivity contribution is -0.121. The molecule has 1 amide bonds. The minimum Gasteiger partial charge on any atom is -0.504 e. The Bertz CT molecular complexity index is 1470. The second-order valence-corrected chi connectivity index (χ2v) is 7.94. The molecule has 4 aromatic rings. The summed E-state index contributed by atoms with van der Waals surface area (Å²) in [5, 5.41) is 32.2. The van der Waals surface area contributed by atoms with E-state index in [2.05, 4.69) is 10.3 Å². The lowest BCUT2D eigenvalue weighted by atomic mass is 9.89. The number of pyridine rings is 1. The number of hydrogen-bond donors (Lipinski definition) is 4. The van der Waals surface area contributed by atoms with Crippen molar-refractivity contribution in [3.8, 4) is 17.4 Å². The molecule has 8 nitrogen and oxygen atoms in total. The van der Waals surface area contributed by atoms with E-state index in [-0.39, 0.29) is 41.2 Å². The quantitative estimate of drug-likeness (QED) is 0.301. The molecular weight excluding hydrogens is 460 g/mol. The van der Waals surface area contributed by atoms with E-state index >= 15 is 0 Å². The molecule has 2 aromatic heterocycles. The van der Waals surface area contributed by atoms with Crippen molar-refractivity contribution in [3.05, 3.63) is 99.5 Å². The number of benzene rings is 2. The summed E-state index contributed by atoms with van der Waals surface area (Å²) < 4.78 is 28.8. The summed E-state index contributed by atoms with van der Waals surface area (Å²) in [6.45, 7) is 0.161. The monoisotopic (exact) mass is 481 g/mol. The molecule has 4 N–H and O–H groups in total. The maximum Gasteiger partial charge on any atom is 0.265 e. The van der Waals surface area contributed by atoms with Gasteiger partial charge in [-0.2, -0.15) is 4.98 Å². The standard InChI is InChI=1S/C25H21F2N3O5/c26-17-6-5-15(12-18(17)27)16(23-24(34)29-21-3-1-2-10-30(21)25(23)35)13-22(33)28-9-8-14-4-7-19(31)20(32)11-14/h1-7,10-12,16,31-32,34H,8-9,13H2,(H,28,33). The molecule has 0 radical (unpaired) electrons. The Labute approximate surface area is 197 Å². The number of phenolic OH excluding ortho intramolecular Hbond substituents is 2. The number of rotatable bonds is 7. The Hall–Kier alpha value is -4.47. The minimum atomic E-state index is -1.16. The third kappa shape index (κ3) is 5.06. The summed E-state index contributed by atoms with van der Waals surface area (Å²) in [7, 11) is 0. The number of fused-ring (bicyclic) bond motifs is 1. The van der Waals surface area contributed by atoms with E-state index in [9.17, 15) is 33.7 Å². The van der Waals surface area contributed by atoms with Gasteiger partial charge in [-0.25, -0.2) is 8.78 Å². The topological polar surface area (TPSA) is 124 Å². The van der Waals surface area contributed by atoms with Gasteiger partial charge in [0.15, 0.2) is 23.1 Å². The van der Waals surface area contributed by atoms with Gasteiger partial charge in [-0.15, -0.1) is 0 Å². The highest BCUT2D eigenvalue weighted by Crippen LogP contribution is 2.32.